The van der Waals surface area contributed by atoms with Crippen molar-refractivity contribution in [1.82, 2.24) is 0 Å². The van der Waals surface area contributed by atoms with E-state index in [9.17, 15) is 4.79 Å². The van der Waals surface area contributed by atoms with Gasteiger partial charge in [-0.1, -0.05) is 66.2 Å². The molecule has 0 saturated carbocycles. The Bertz CT molecular complexity index is 570. The molecule has 20 heavy (non-hydrogen) atoms. The Hall–Kier alpha value is -1.86. The van der Waals surface area contributed by atoms with Crippen molar-refractivity contribution < 1.29 is 4.79 Å². The first-order valence-corrected chi connectivity index (χ1v) is 7.09. The largest absolute Gasteiger partial charge is 0.299 e. The number of carbonyl (C=O) groups is 1. The molecule has 0 N–H and O–H groups in total. The first-order chi connectivity index (χ1) is 9.74. The van der Waals surface area contributed by atoms with Crippen LogP contribution in [-0.4, -0.2) is 5.78 Å². The Kier molecular flexibility index (Phi) is 5.57. The highest BCUT2D eigenvalue weighted by Gasteiger charge is 2.00. The van der Waals surface area contributed by atoms with Crippen molar-refractivity contribution in [3.05, 3.63) is 76.8 Å². The summed E-state index contributed by atoms with van der Waals surface area (Å²) < 4.78 is 0. The molecule has 0 fully saturated rings. The van der Waals surface area contributed by atoms with Gasteiger partial charge in [0.15, 0.2) is 0 Å². The maximum Gasteiger partial charge on any atom is 0.136 e. The van der Waals surface area contributed by atoms with Crippen molar-refractivity contribution in [2.24, 2.45) is 0 Å². The third kappa shape index (κ3) is 5.02. The molecular weight excluding hydrogens is 268 g/mol. The van der Waals surface area contributed by atoms with Crippen LogP contribution in [0.4, 0.5) is 0 Å². The summed E-state index contributed by atoms with van der Waals surface area (Å²) >= 11 is 5.82. The van der Waals surface area contributed by atoms with Gasteiger partial charge in [0.05, 0.1) is 0 Å². The summed E-state index contributed by atoms with van der Waals surface area (Å²) in [6.45, 7) is 0. The number of benzene rings is 2. The molecule has 0 bridgehead atoms. The normalized spacial score (nSPS) is 10.8. The molecule has 2 aromatic carbocycles. The van der Waals surface area contributed by atoms with Gasteiger partial charge in [-0.2, -0.15) is 0 Å². The van der Waals surface area contributed by atoms with Crippen molar-refractivity contribution in [2.75, 3.05) is 0 Å². The monoisotopic (exact) mass is 284 g/mol. The summed E-state index contributed by atoms with van der Waals surface area (Å²) in [5, 5.41) is 0.723. The molecule has 2 rings (SSSR count). The predicted octanol–water partition coefficient (Wildman–Crippen LogP) is 4.95. The fourth-order valence-electron chi connectivity index (χ4n) is 1.93. The standard InChI is InChI=1S/C18H17ClO/c19-17-12-9-16(10-13-17)7-4-8-18(20)14-11-15-5-2-1-3-6-15/h1-7,9-10,12-13H,8,11,14H2/b7-4+. The molecular formula is C18H17ClO. The van der Waals surface area contributed by atoms with Gasteiger partial charge >= 0.3 is 0 Å². The van der Waals surface area contributed by atoms with Gasteiger partial charge in [-0.25, -0.2) is 0 Å². The minimum atomic E-state index is 0.263. The van der Waals surface area contributed by atoms with Crippen molar-refractivity contribution >= 4 is 23.5 Å². The van der Waals surface area contributed by atoms with Crippen LogP contribution in [0.2, 0.25) is 5.02 Å². The maximum absolute atomic E-state index is 11.8. The molecule has 0 aliphatic carbocycles. The number of hydrogen-bond donors (Lipinski definition) is 0. The van der Waals surface area contributed by atoms with Crippen LogP contribution in [0.3, 0.4) is 0 Å². The van der Waals surface area contributed by atoms with Crippen LogP contribution in [0.15, 0.2) is 60.7 Å². The predicted molar refractivity (Wildman–Crippen MR) is 84.9 cm³/mol. The van der Waals surface area contributed by atoms with Crippen LogP contribution in [0.25, 0.3) is 6.08 Å². The van der Waals surface area contributed by atoms with Gasteiger partial charge in [0.2, 0.25) is 0 Å². The molecule has 0 unspecified atom stereocenters. The zero-order valence-electron chi connectivity index (χ0n) is 11.3. The molecule has 0 radical (unpaired) electrons. The smallest absolute Gasteiger partial charge is 0.136 e. The maximum atomic E-state index is 11.8. The summed E-state index contributed by atoms with van der Waals surface area (Å²) in [5.74, 6) is 0.263. The van der Waals surface area contributed by atoms with E-state index in [1.807, 2.05) is 54.6 Å². The van der Waals surface area contributed by atoms with E-state index in [1.54, 1.807) is 0 Å². The van der Waals surface area contributed by atoms with E-state index in [4.69, 9.17) is 11.6 Å². The first-order valence-electron chi connectivity index (χ1n) is 6.72. The van der Waals surface area contributed by atoms with Gasteiger partial charge < -0.3 is 0 Å². The lowest BCUT2D eigenvalue weighted by atomic mass is 10.1. The number of aryl methyl sites for hydroxylation is 1. The Balaban J connectivity index is 1.76. The van der Waals surface area contributed by atoms with Gasteiger partial charge in [0.1, 0.15) is 5.78 Å². The molecule has 0 atom stereocenters. The summed E-state index contributed by atoms with van der Waals surface area (Å²) in [6, 6.07) is 17.7. The number of ketones is 1. The topological polar surface area (TPSA) is 17.1 Å². The fraction of sp³-hybridized carbons (Fsp3) is 0.167. The molecule has 0 aliphatic heterocycles. The Labute approximate surface area is 124 Å². The Morgan fingerprint density at radius 1 is 1.00 bits per heavy atom. The highest BCUT2D eigenvalue weighted by molar-refractivity contribution is 6.30. The summed E-state index contributed by atoms with van der Waals surface area (Å²) in [4.78, 5) is 11.8. The SMILES string of the molecule is O=C(C/C=C/c1ccc(Cl)cc1)CCc1ccccc1. The zero-order chi connectivity index (χ0) is 14.2. The average Bonchev–Trinajstić information content (AvgIpc) is 2.48. The van der Waals surface area contributed by atoms with E-state index in [0.29, 0.717) is 12.8 Å². The molecule has 0 aromatic heterocycles. The van der Waals surface area contributed by atoms with Crippen LogP contribution >= 0.6 is 11.6 Å². The minimum Gasteiger partial charge on any atom is -0.299 e. The Morgan fingerprint density at radius 3 is 2.40 bits per heavy atom. The minimum absolute atomic E-state index is 0.263. The van der Waals surface area contributed by atoms with E-state index in [0.717, 1.165) is 17.0 Å². The number of allylic oxidation sites excluding steroid dienone is 1. The molecule has 2 heteroatoms. The van der Waals surface area contributed by atoms with Crippen molar-refractivity contribution in [3.63, 3.8) is 0 Å². The van der Waals surface area contributed by atoms with E-state index in [2.05, 4.69) is 12.1 Å². The van der Waals surface area contributed by atoms with E-state index < -0.39 is 0 Å². The van der Waals surface area contributed by atoms with Crippen molar-refractivity contribution in [3.8, 4) is 0 Å². The van der Waals surface area contributed by atoms with E-state index >= 15 is 0 Å². The molecule has 2 aromatic rings. The number of Topliss-reactive ketones (excluding diaryl/α,β-unsaturated/α-hetero) is 1. The van der Waals surface area contributed by atoms with Crippen molar-refractivity contribution in [1.29, 1.82) is 0 Å². The third-order valence-electron chi connectivity index (χ3n) is 3.06. The molecule has 0 saturated heterocycles. The lowest BCUT2D eigenvalue weighted by Crippen LogP contribution is -1.98. The number of carbonyl (C=O) groups excluding carboxylic acids is 1. The van der Waals surface area contributed by atoms with E-state index in [1.165, 1.54) is 5.56 Å². The number of rotatable bonds is 6. The fourth-order valence-corrected chi connectivity index (χ4v) is 2.06. The second-order valence-electron chi connectivity index (χ2n) is 4.68. The summed E-state index contributed by atoms with van der Waals surface area (Å²) in [6.07, 6.45) is 5.76. The van der Waals surface area contributed by atoms with Crippen LogP contribution in [0.5, 0.6) is 0 Å². The molecule has 0 aliphatic rings. The van der Waals surface area contributed by atoms with Gasteiger partial charge in [0, 0.05) is 17.9 Å². The van der Waals surface area contributed by atoms with Crippen molar-refractivity contribution in [2.45, 2.75) is 19.3 Å². The average molecular weight is 285 g/mol. The molecule has 0 spiro atoms. The van der Waals surface area contributed by atoms with Gasteiger partial charge in [0.25, 0.3) is 0 Å². The molecule has 0 heterocycles. The highest BCUT2D eigenvalue weighted by atomic mass is 35.5. The zero-order valence-corrected chi connectivity index (χ0v) is 12.0. The lowest BCUT2D eigenvalue weighted by molar-refractivity contribution is -0.118. The Morgan fingerprint density at radius 2 is 1.70 bits per heavy atom. The number of hydrogen-bond acceptors (Lipinski definition) is 1. The first kappa shape index (κ1) is 14.5. The van der Waals surface area contributed by atoms with Crippen LogP contribution in [0, 0.1) is 0 Å². The van der Waals surface area contributed by atoms with E-state index in [-0.39, 0.29) is 5.78 Å². The van der Waals surface area contributed by atoms with Gasteiger partial charge in [-0.15, -0.1) is 0 Å². The van der Waals surface area contributed by atoms with Crippen LogP contribution in [-0.2, 0) is 11.2 Å². The molecule has 102 valence electrons. The molecule has 1 nitrogen and oxygen atoms in total. The summed E-state index contributed by atoms with van der Waals surface area (Å²) in [5.41, 5.74) is 2.27. The molecule has 0 amide bonds. The number of halogens is 1. The highest BCUT2D eigenvalue weighted by Crippen LogP contribution is 2.11. The second-order valence-corrected chi connectivity index (χ2v) is 5.12. The second kappa shape index (κ2) is 7.66. The lowest BCUT2D eigenvalue weighted by Gasteiger charge is -1.99. The van der Waals surface area contributed by atoms with Crippen LogP contribution in [0.1, 0.15) is 24.0 Å². The van der Waals surface area contributed by atoms with Gasteiger partial charge in [-0.3, -0.25) is 4.79 Å². The summed E-state index contributed by atoms with van der Waals surface area (Å²) in [7, 11) is 0. The van der Waals surface area contributed by atoms with Gasteiger partial charge in [-0.05, 0) is 29.7 Å². The van der Waals surface area contributed by atoms with Crippen LogP contribution < -0.4 is 0 Å². The quantitative estimate of drug-likeness (QED) is 0.734. The third-order valence-corrected chi connectivity index (χ3v) is 3.31.